The van der Waals surface area contributed by atoms with E-state index < -0.39 is 16.2 Å². The molecule has 7 nitrogen and oxygen atoms in total. The highest BCUT2D eigenvalue weighted by Crippen LogP contribution is 2.21. The lowest BCUT2D eigenvalue weighted by atomic mass is 10.2. The van der Waals surface area contributed by atoms with Crippen molar-refractivity contribution in [3.8, 4) is 5.75 Å². The maximum absolute atomic E-state index is 12.5. The largest absolute Gasteiger partial charge is 0.497 e. The van der Waals surface area contributed by atoms with Crippen molar-refractivity contribution in [3.63, 3.8) is 0 Å². The number of hydrogen-bond donors (Lipinski definition) is 2. The summed E-state index contributed by atoms with van der Waals surface area (Å²) in [6.45, 7) is 0. The number of nitrogens with zero attached hydrogens (tertiary/aromatic N) is 1. The van der Waals surface area contributed by atoms with Crippen LogP contribution in [0.25, 0.3) is 0 Å². The maximum Gasteiger partial charge on any atom is 0.351 e. The second-order valence-electron chi connectivity index (χ2n) is 4.41. The highest BCUT2D eigenvalue weighted by molar-refractivity contribution is 7.83. The van der Waals surface area contributed by atoms with Crippen molar-refractivity contribution in [1.82, 2.24) is 4.83 Å². The molecule has 0 fully saturated rings. The summed E-state index contributed by atoms with van der Waals surface area (Å²) < 4.78 is 36.3. The summed E-state index contributed by atoms with van der Waals surface area (Å²) in [5.74, 6) is -0.163. The molecule has 0 aliphatic rings. The Morgan fingerprint density at radius 2 is 1.70 bits per heavy atom. The van der Waals surface area contributed by atoms with Gasteiger partial charge in [-0.2, -0.15) is 8.42 Å². The fourth-order valence-corrected chi connectivity index (χ4v) is 2.32. The molecule has 23 heavy (non-hydrogen) atoms. The third-order valence-electron chi connectivity index (χ3n) is 2.83. The van der Waals surface area contributed by atoms with Crippen LogP contribution in [0.15, 0.2) is 48.5 Å². The van der Waals surface area contributed by atoms with Crippen LogP contribution in [0.4, 0.5) is 5.69 Å². The summed E-state index contributed by atoms with van der Waals surface area (Å²) in [6, 6.07) is 11.9. The Hall–Kier alpha value is -2.13. The summed E-state index contributed by atoms with van der Waals surface area (Å²) in [6.07, 6.45) is 0. The van der Waals surface area contributed by atoms with Crippen molar-refractivity contribution in [3.05, 3.63) is 59.1 Å². The monoisotopic (exact) mass is 356 g/mol. The number of methoxy groups -OCH3 is 1. The van der Waals surface area contributed by atoms with Gasteiger partial charge in [0.05, 0.1) is 12.8 Å². The molecular formula is C14H13ClN2O5S. The Morgan fingerprint density at radius 1 is 1.13 bits per heavy atom. The molecule has 0 unspecified atom stereocenters. The number of carbonyl (C=O) groups excluding carboxylic acids is 1. The number of hydrogen-bond acceptors (Lipinski definition) is 4. The third kappa shape index (κ3) is 4.67. The van der Waals surface area contributed by atoms with Crippen LogP contribution in [0.5, 0.6) is 5.75 Å². The molecular weight excluding hydrogens is 344 g/mol. The molecule has 2 aromatic carbocycles. The lowest BCUT2D eigenvalue weighted by Gasteiger charge is -2.22. The van der Waals surface area contributed by atoms with Crippen molar-refractivity contribution in [1.29, 1.82) is 0 Å². The van der Waals surface area contributed by atoms with Gasteiger partial charge >= 0.3 is 10.3 Å². The highest BCUT2D eigenvalue weighted by atomic mass is 35.5. The van der Waals surface area contributed by atoms with Gasteiger partial charge in [0.2, 0.25) is 0 Å². The van der Waals surface area contributed by atoms with Crippen LogP contribution in [-0.4, -0.2) is 26.0 Å². The second kappa shape index (κ2) is 6.97. The first-order valence-electron chi connectivity index (χ1n) is 6.29. The smallest absolute Gasteiger partial charge is 0.351 e. The van der Waals surface area contributed by atoms with E-state index in [1.54, 1.807) is 17.0 Å². The molecule has 0 atom stereocenters. The van der Waals surface area contributed by atoms with E-state index in [0.717, 1.165) is 0 Å². The molecule has 0 radical (unpaired) electrons. The lowest BCUT2D eigenvalue weighted by Crippen LogP contribution is -2.46. The number of rotatable bonds is 5. The molecule has 0 heterocycles. The number of nitrogens with one attached hydrogen (secondary N) is 1. The standard InChI is InChI=1S/C14H13ClN2O5S/c1-22-13-8-6-12(7-9-13)17(16-23(19,20)21)14(18)10-2-4-11(15)5-3-10/h2-9,16H,1H3,(H,19,20,21). The quantitative estimate of drug-likeness (QED) is 0.633. The number of carbonyl (C=O) groups is 1. The highest BCUT2D eigenvalue weighted by Gasteiger charge is 2.22. The Bertz CT molecular complexity index is 791. The maximum atomic E-state index is 12.5. The first kappa shape index (κ1) is 17.2. The Morgan fingerprint density at radius 3 is 2.17 bits per heavy atom. The van der Waals surface area contributed by atoms with E-state index in [2.05, 4.69) is 0 Å². The zero-order chi connectivity index (χ0) is 17.0. The number of amides is 1. The fourth-order valence-electron chi connectivity index (χ4n) is 1.78. The van der Waals surface area contributed by atoms with Gasteiger partial charge in [0, 0.05) is 10.6 Å². The van der Waals surface area contributed by atoms with E-state index in [1.165, 1.54) is 43.5 Å². The second-order valence-corrected chi connectivity index (χ2v) is 5.98. The first-order valence-corrected chi connectivity index (χ1v) is 8.11. The number of anilines is 1. The van der Waals surface area contributed by atoms with Crippen LogP contribution in [0.3, 0.4) is 0 Å². The fraction of sp³-hybridized carbons (Fsp3) is 0.0714. The molecule has 0 aliphatic heterocycles. The summed E-state index contributed by atoms with van der Waals surface area (Å²) >= 11 is 5.76. The number of benzene rings is 2. The van der Waals surface area contributed by atoms with Crippen molar-refractivity contribution >= 4 is 33.5 Å². The SMILES string of the molecule is COc1ccc(N(NS(=O)(=O)O)C(=O)c2ccc(Cl)cc2)cc1. The molecule has 1 amide bonds. The van der Waals surface area contributed by atoms with Gasteiger partial charge in [-0.3, -0.25) is 9.35 Å². The Balaban J connectivity index is 2.40. The minimum atomic E-state index is -4.65. The molecule has 2 rings (SSSR count). The van der Waals surface area contributed by atoms with Crippen LogP contribution >= 0.6 is 11.6 Å². The van der Waals surface area contributed by atoms with Crippen molar-refractivity contribution in [2.75, 3.05) is 12.1 Å². The van der Waals surface area contributed by atoms with Gasteiger partial charge in [0.25, 0.3) is 5.91 Å². The molecule has 2 aromatic rings. The van der Waals surface area contributed by atoms with Gasteiger partial charge in [-0.25, -0.2) is 5.01 Å². The van der Waals surface area contributed by atoms with E-state index in [1.807, 2.05) is 0 Å². The molecule has 0 saturated carbocycles. The van der Waals surface area contributed by atoms with Crippen LogP contribution < -0.4 is 14.6 Å². The molecule has 0 bridgehead atoms. The van der Waals surface area contributed by atoms with Gasteiger partial charge in [0.1, 0.15) is 5.75 Å². The van der Waals surface area contributed by atoms with Crippen LogP contribution in [0.1, 0.15) is 10.4 Å². The summed E-state index contributed by atoms with van der Waals surface area (Å²) in [4.78, 5) is 14.3. The van der Waals surface area contributed by atoms with Crippen molar-refractivity contribution in [2.24, 2.45) is 0 Å². The van der Waals surface area contributed by atoms with Gasteiger partial charge in [-0.15, -0.1) is 0 Å². The van der Waals surface area contributed by atoms with E-state index >= 15 is 0 Å². The zero-order valence-corrected chi connectivity index (χ0v) is 13.5. The number of halogens is 1. The van der Waals surface area contributed by atoms with E-state index in [4.69, 9.17) is 20.9 Å². The topological polar surface area (TPSA) is 95.9 Å². The lowest BCUT2D eigenvalue weighted by molar-refractivity contribution is 0.0980. The molecule has 2 N–H and O–H groups in total. The van der Waals surface area contributed by atoms with Crippen LogP contribution in [0, 0.1) is 0 Å². The van der Waals surface area contributed by atoms with Gasteiger partial charge in [-0.1, -0.05) is 16.4 Å². The number of hydrazine groups is 1. The summed E-state index contributed by atoms with van der Waals surface area (Å²) in [5.41, 5.74) is 0.379. The Kier molecular flexibility index (Phi) is 5.22. The molecule has 0 saturated heterocycles. The van der Waals surface area contributed by atoms with Crippen molar-refractivity contribution in [2.45, 2.75) is 0 Å². The van der Waals surface area contributed by atoms with E-state index in [9.17, 15) is 13.2 Å². The number of ether oxygens (including phenoxy) is 1. The molecule has 122 valence electrons. The normalized spacial score (nSPS) is 11.1. The van der Waals surface area contributed by atoms with E-state index in [0.29, 0.717) is 15.8 Å². The molecule has 9 heteroatoms. The van der Waals surface area contributed by atoms with Gasteiger partial charge < -0.3 is 4.74 Å². The van der Waals surface area contributed by atoms with Crippen molar-refractivity contribution < 1.29 is 22.5 Å². The minimum Gasteiger partial charge on any atom is -0.497 e. The van der Waals surface area contributed by atoms with Gasteiger partial charge in [0.15, 0.2) is 0 Å². The first-order chi connectivity index (χ1) is 10.8. The predicted molar refractivity (Wildman–Crippen MR) is 85.9 cm³/mol. The predicted octanol–water partition coefficient (Wildman–Crippen LogP) is 2.30. The zero-order valence-electron chi connectivity index (χ0n) is 11.9. The molecule has 0 spiro atoms. The van der Waals surface area contributed by atoms with Crippen LogP contribution in [0.2, 0.25) is 5.02 Å². The third-order valence-corrected chi connectivity index (χ3v) is 3.50. The molecule has 0 aromatic heterocycles. The summed E-state index contributed by atoms with van der Waals surface area (Å²) in [5, 5.41) is 1.14. The summed E-state index contributed by atoms with van der Waals surface area (Å²) in [7, 11) is -3.18. The average molecular weight is 357 g/mol. The van der Waals surface area contributed by atoms with Gasteiger partial charge in [-0.05, 0) is 48.5 Å². The minimum absolute atomic E-state index is 0.182. The Labute approximate surface area is 138 Å². The van der Waals surface area contributed by atoms with Crippen LogP contribution in [-0.2, 0) is 10.3 Å². The average Bonchev–Trinajstić information content (AvgIpc) is 2.52. The van der Waals surface area contributed by atoms with E-state index in [-0.39, 0.29) is 11.3 Å². The molecule has 0 aliphatic carbocycles.